The van der Waals surface area contributed by atoms with E-state index in [0.717, 1.165) is 16.5 Å². The van der Waals surface area contributed by atoms with Crippen LogP contribution in [0.2, 0.25) is 0 Å². The molecule has 0 atom stereocenters. The smallest absolute Gasteiger partial charge is 0.209 e. The van der Waals surface area contributed by atoms with Crippen molar-refractivity contribution in [1.82, 2.24) is 14.9 Å². The molecule has 9 heteroatoms. The SMILES string of the molecule is COc1cccc(OCc2nnc(SCCCC(=O)c3ccc(Br)cc3)n2N)c1. The lowest BCUT2D eigenvalue weighted by atomic mass is 10.1. The molecule has 29 heavy (non-hydrogen) atoms. The van der Waals surface area contributed by atoms with Gasteiger partial charge < -0.3 is 15.3 Å². The van der Waals surface area contributed by atoms with Crippen molar-refractivity contribution in [2.75, 3.05) is 18.7 Å². The Balaban J connectivity index is 1.45. The van der Waals surface area contributed by atoms with Gasteiger partial charge in [-0.1, -0.05) is 45.9 Å². The average Bonchev–Trinajstić information content (AvgIpc) is 3.09. The Morgan fingerprint density at radius 2 is 1.93 bits per heavy atom. The fraction of sp³-hybridized carbons (Fsp3) is 0.250. The van der Waals surface area contributed by atoms with Gasteiger partial charge in [0.25, 0.3) is 0 Å². The quantitative estimate of drug-likeness (QED) is 0.204. The highest BCUT2D eigenvalue weighted by molar-refractivity contribution is 9.10. The number of Topliss-reactive ketones (excluding diaryl/α,β-unsaturated/α-hetero) is 1. The second kappa shape index (κ2) is 10.3. The number of rotatable bonds is 10. The molecule has 2 N–H and O–H groups in total. The summed E-state index contributed by atoms with van der Waals surface area (Å²) < 4.78 is 13.2. The number of hydrogen-bond donors (Lipinski definition) is 1. The molecule has 0 spiro atoms. The first-order chi connectivity index (χ1) is 14.1. The number of nitrogen functional groups attached to an aromatic ring is 1. The number of nitrogens with two attached hydrogens (primary N) is 1. The van der Waals surface area contributed by atoms with Gasteiger partial charge in [0.05, 0.1) is 7.11 Å². The topological polar surface area (TPSA) is 92.3 Å². The highest BCUT2D eigenvalue weighted by Crippen LogP contribution is 2.21. The first-order valence-electron chi connectivity index (χ1n) is 8.94. The summed E-state index contributed by atoms with van der Waals surface area (Å²) in [4.78, 5) is 12.2. The number of methoxy groups -OCH3 is 1. The van der Waals surface area contributed by atoms with Crippen molar-refractivity contribution in [3.8, 4) is 11.5 Å². The molecule has 3 aromatic rings. The summed E-state index contributed by atoms with van der Waals surface area (Å²) in [7, 11) is 1.60. The van der Waals surface area contributed by atoms with Crippen molar-refractivity contribution in [2.45, 2.75) is 24.6 Å². The molecule has 152 valence electrons. The minimum atomic E-state index is 0.125. The molecule has 7 nitrogen and oxygen atoms in total. The molecule has 0 aliphatic carbocycles. The molecule has 2 aromatic carbocycles. The highest BCUT2D eigenvalue weighted by atomic mass is 79.9. The molecule has 0 saturated heterocycles. The predicted octanol–water partition coefficient (Wildman–Crippen LogP) is 4.10. The molecule has 3 rings (SSSR count). The first kappa shape index (κ1) is 21.2. The van der Waals surface area contributed by atoms with Gasteiger partial charge in [-0.15, -0.1) is 10.2 Å². The van der Waals surface area contributed by atoms with Crippen LogP contribution in [0, 0.1) is 0 Å². The summed E-state index contributed by atoms with van der Waals surface area (Å²) in [5.41, 5.74) is 0.720. The Hall–Kier alpha value is -2.52. The van der Waals surface area contributed by atoms with Gasteiger partial charge in [-0.3, -0.25) is 4.79 Å². The van der Waals surface area contributed by atoms with Gasteiger partial charge in [0.2, 0.25) is 5.16 Å². The predicted molar refractivity (Wildman–Crippen MR) is 116 cm³/mol. The van der Waals surface area contributed by atoms with Gasteiger partial charge in [-0.05, 0) is 30.7 Å². The molecule has 0 saturated carbocycles. The lowest BCUT2D eigenvalue weighted by Gasteiger charge is -2.07. The number of benzene rings is 2. The van der Waals surface area contributed by atoms with E-state index in [0.29, 0.717) is 34.7 Å². The van der Waals surface area contributed by atoms with E-state index in [4.69, 9.17) is 15.3 Å². The van der Waals surface area contributed by atoms with E-state index in [1.165, 1.54) is 16.4 Å². The third kappa shape index (κ3) is 5.98. The van der Waals surface area contributed by atoms with Crippen LogP contribution in [0.4, 0.5) is 0 Å². The van der Waals surface area contributed by atoms with Gasteiger partial charge in [0.15, 0.2) is 11.6 Å². The summed E-state index contributed by atoms with van der Waals surface area (Å²) in [6.45, 7) is 0.194. The first-order valence-corrected chi connectivity index (χ1v) is 10.7. The van der Waals surface area contributed by atoms with Crippen molar-refractivity contribution in [2.24, 2.45) is 0 Å². The lowest BCUT2D eigenvalue weighted by Crippen LogP contribution is -2.16. The number of carbonyl (C=O) groups excluding carboxylic acids is 1. The van der Waals surface area contributed by atoms with Crippen LogP contribution in [0.5, 0.6) is 11.5 Å². The fourth-order valence-electron chi connectivity index (χ4n) is 2.52. The van der Waals surface area contributed by atoms with Crippen molar-refractivity contribution < 1.29 is 14.3 Å². The zero-order valence-electron chi connectivity index (χ0n) is 15.9. The van der Waals surface area contributed by atoms with E-state index >= 15 is 0 Å². The van der Waals surface area contributed by atoms with Crippen LogP contribution in [-0.2, 0) is 6.61 Å². The minimum Gasteiger partial charge on any atom is -0.497 e. The fourth-order valence-corrected chi connectivity index (χ4v) is 3.60. The zero-order valence-corrected chi connectivity index (χ0v) is 18.3. The third-order valence-corrected chi connectivity index (χ3v) is 5.65. The van der Waals surface area contributed by atoms with Crippen molar-refractivity contribution >= 4 is 33.5 Å². The Bertz CT molecular complexity index is 963. The Morgan fingerprint density at radius 3 is 2.69 bits per heavy atom. The van der Waals surface area contributed by atoms with E-state index in [1.807, 2.05) is 42.5 Å². The summed E-state index contributed by atoms with van der Waals surface area (Å²) >= 11 is 4.83. The number of thioether (sulfide) groups is 1. The van der Waals surface area contributed by atoms with Crippen LogP contribution in [-0.4, -0.2) is 33.5 Å². The van der Waals surface area contributed by atoms with Crippen LogP contribution in [0.1, 0.15) is 29.0 Å². The number of ether oxygens (including phenoxy) is 2. The molecule has 0 aliphatic heterocycles. The molecule has 0 amide bonds. The second-order valence-electron chi connectivity index (χ2n) is 6.12. The summed E-state index contributed by atoms with van der Waals surface area (Å²) in [5, 5.41) is 8.77. The van der Waals surface area contributed by atoms with E-state index in [9.17, 15) is 4.79 Å². The number of hydrogen-bond acceptors (Lipinski definition) is 7. The number of aromatic nitrogens is 3. The molecule has 0 bridgehead atoms. The molecular weight excluding hydrogens is 456 g/mol. The van der Waals surface area contributed by atoms with Crippen LogP contribution >= 0.6 is 27.7 Å². The van der Waals surface area contributed by atoms with Gasteiger partial charge in [-0.25, -0.2) is 4.68 Å². The van der Waals surface area contributed by atoms with Crippen LogP contribution in [0.15, 0.2) is 58.2 Å². The number of carbonyl (C=O) groups is 1. The molecule has 0 unspecified atom stereocenters. The van der Waals surface area contributed by atoms with Crippen molar-refractivity contribution in [1.29, 1.82) is 0 Å². The van der Waals surface area contributed by atoms with Crippen LogP contribution in [0.3, 0.4) is 0 Å². The largest absolute Gasteiger partial charge is 0.497 e. The number of halogens is 1. The van der Waals surface area contributed by atoms with Gasteiger partial charge >= 0.3 is 0 Å². The Kier molecular flexibility index (Phi) is 7.54. The maximum absolute atomic E-state index is 12.2. The molecule has 0 radical (unpaired) electrons. The molecule has 0 fully saturated rings. The molecule has 1 aromatic heterocycles. The van der Waals surface area contributed by atoms with E-state index < -0.39 is 0 Å². The maximum atomic E-state index is 12.2. The molecule has 1 heterocycles. The van der Waals surface area contributed by atoms with Gasteiger partial charge in [0, 0.05) is 28.3 Å². The summed E-state index contributed by atoms with van der Waals surface area (Å²) in [5.74, 6) is 8.80. The van der Waals surface area contributed by atoms with E-state index in [2.05, 4.69) is 26.1 Å². The summed E-state index contributed by atoms with van der Waals surface area (Å²) in [6.07, 6.45) is 1.20. The maximum Gasteiger partial charge on any atom is 0.209 e. The number of nitrogens with zero attached hydrogens (tertiary/aromatic N) is 3. The monoisotopic (exact) mass is 476 g/mol. The average molecular weight is 477 g/mol. The minimum absolute atomic E-state index is 0.125. The normalized spacial score (nSPS) is 10.7. The third-order valence-electron chi connectivity index (χ3n) is 4.09. The standard InChI is InChI=1S/C20H21BrN4O3S/c1-27-16-4-2-5-17(12-16)28-13-19-23-24-20(25(19)22)29-11-3-6-18(26)14-7-9-15(21)10-8-14/h2,4-5,7-10,12H,3,6,11,13,22H2,1H3. The van der Waals surface area contributed by atoms with Gasteiger partial charge in [0.1, 0.15) is 18.1 Å². The van der Waals surface area contributed by atoms with Gasteiger partial charge in [-0.2, -0.15) is 0 Å². The lowest BCUT2D eigenvalue weighted by molar-refractivity contribution is 0.0982. The van der Waals surface area contributed by atoms with E-state index in [-0.39, 0.29) is 12.4 Å². The van der Waals surface area contributed by atoms with Crippen LogP contribution in [0.25, 0.3) is 0 Å². The molecular formula is C20H21BrN4O3S. The number of ketones is 1. The van der Waals surface area contributed by atoms with E-state index in [1.54, 1.807) is 13.2 Å². The Labute approximate surface area is 181 Å². The zero-order chi connectivity index (χ0) is 20.6. The van der Waals surface area contributed by atoms with Crippen molar-refractivity contribution in [3.63, 3.8) is 0 Å². The molecule has 0 aliphatic rings. The highest BCUT2D eigenvalue weighted by Gasteiger charge is 2.12. The Morgan fingerprint density at radius 1 is 1.17 bits per heavy atom. The van der Waals surface area contributed by atoms with Crippen molar-refractivity contribution in [3.05, 3.63) is 64.4 Å². The van der Waals surface area contributed by atoms with Crippen LogP contribution < -0.4 is 15.3 Å². The summed E-state index contributed by atoms with van der Waals surface area (Å²) in [6, 6.07) is 14.7. The second-order valence-corrected chi connectivity index (χ2v) is 8.10.